The average molecular weight is 488 g/mol. The number of nitrogens with two attached hydrogens (primary N) is 1. The maximum atomic E-state index is 12.9. The van der Waals surface area contributed by atoms with Gasteiger partial charge in [-0.1, -0.05) is 12.1 Å². The van der Waals surface area contributed by atoms with E-state index in [4.69, 9.17) is 15.3 Å². The molecule has 1 aliphatic heterocycles. The molecule has 9 nitrogen and oxygen atoms in total. The molecule has 184 valence electrons. The lowest BCUT2D eigenvalue weighted by Crippen LogP contribution is -2.34. The molecule has 2 aromatic rings. The second-order valence-corrected chi connectivity index (χ2v) is 10.6. The number of rotatable bonds is 10. The van der Waals surface area contributed by atoms with Crippen LogP contribution in [0.25, 0.3) is 0 Å². The van der Waals surface area contributed by atoms with Gasteiger partial charge in [-0.15, -0.1) is 0 Å². The highest BCUT2D eigenvalue weighted by atomic mass is 32.2. The highest BCUT2D eigenvalue weighted by Crippen LogP contribution is 2.28. The van der Waals surface area contributed by atoms with Crippen LogP contribution in [0.3, 0.4) is 0 Å². The van der Waals surface area contributed by atoms with Crippen LogP contribution in [0.4, 0.5) is 11.5 Å². The molecule has 1 aliphatic carbocycles. The molecule has 1 aromatic heterocycles. The fraction of sp³-hybridized carbons (Fsp3) is 0.500. The normalized spacial score (nSPS) is 19.4. The SMILES string of the molecule is CCO/N=C1\CCc2cc(OCC[C@H](C)CCN3CCN(c4ccnc(N)c4)S3(=O)=O)ccc21. The molecular formula is C24H33N5O4S. The van der Waals surface area contributed by atoms with Crippen LogP contribution in [0.2, 0.25) is 0 Å². The summed E-state index contributed by atoms with van der Waals surface area (Å²) in [5.41, 5.74) is 9.66. The molecule has 1 atom stereocenters. The molecular weight excluding hydrogens is 454 g/mol. The Bertz CT molecular complexity index is 1140. The number of hydrogen-bond donors (Lipinski definition) is 1. The second kappa shape index (κ2) is 10.6. The van der Waals surface area contributed by atoms with Gasteiger partial charge >= 0.3 is 10.2 Å². The monoisotopic (exact) mass is 487 g/mol. The minimum atomic E-state index is -3.54. The van der Waals surface area contributed by atoms with Gasteiger partial charge in [0.25, 0.3) is 0 Å². The van der Waals surface area contributed by atoms with Crippen molar-refractivity contribution in [2.75, 3.05) is 42.9 Å². The maximum Gasteiger partial charge on any atom is 0.304 e. The first-order valence-corrected chi connectivity index (χ1v) is 13.2. The summed E-state index contributed by atoms with van der Waals surface area (Å²) in [6.45, 7) is 6.59. The summed E-state index contributed by atoms with van der Waals surface area (Å²) in [6.07, 6.45) is 4.99. The molecule has 1 fully saturated rings. The molecule has 1 aromatic carbocycles. The molecule has 2 heterocycles. The molecule has 1 saturated heterocycles. The summed E-state index contributed by atoms with van der Waals surface area (Å²) in [6, 6.07) is 9.38. The fourth-order valence-corrected chi connectivity index (χ4v) is 5.93. The number of aromatic nitrogens is 1. The lowest BCUT2D eigenvalue weighted by molar-refractivity contribution is 0.158. The summed E-state index contributed by atoms with van der Waals surface area (Å²) < 4.78 is 34.8. The van der Waals surface area contributed by atoms with Crippen LogP contribution in [-0.4, -0.2) is 56.3 Å². The number of pyridine rings is 1. The molecule has 10 heteroatoms. The first kappa shape index (κ1) is 24.3. The Morgan fingerprint density at radius 2 is 2.03 bits per heavy atom. The molecule has 4 rings (SSSR count). The molecule has 0 spiro atoms. The van der Waals surface area contributed by atoms with Gasteiger partial charge in [0.1, 0.15) is 18.2 Å². The second-order valence-electron chi connectivity index (χ2n) is 8.72. The van der Waals surface area contributed by atoms with E-state index in [-0.39, 0.29) is 0 Å². The zero-order valence-electron chi connectivity index (χ0n) is 19.8. The van der Waals surface area contributed by atoms with Gasteiger partial charge < -0.3 is 15.3 Å². The van der Waals surface area contributed by atoms with Crippen LogP contribution in [0, 0.1) is 5.92 Å². The Labute approximate surface area is 201 Å². The number of oxime groups is 1. The molecule has 34 heavy (non-hydrogen) atoms. The smallest absolute Gasteiger partial charge is 0.304 e. The highest BCUT2D eigenvalue weighted by Gasteiger charge is 2.36. The third kappa shape index (κ3) is 5.44. The minimum Gasteiger partial charge on any atom is -0.494 e. The lowest BCUT2D eigenvalue weighted by atomic mass is 10.0. The van der Waals surface area contributed by atoms with E-state index < -0.39 is 10.2 Å². The third-order valence-corrected chi connectivity index (χ3v) is 8.25. The van der Waals surface area contributed by atoms with E-state index in [1.165, 1.54) is 16.1 Å². The van der Waals surface area contributed by atoms with Gasteiger partial charge in [0.05, 0.1) is 18.0 Å². The van der Waals surface area contributed by atoms with Crippen molar-refractivity contribution in [1.82, 2.24) is 9.29 Å². The van der Waals surface area contributed by atoms with Crippen molar-refractivity contribution in [3.05, 3.63) is 47.7 Å². The number of nitrogen functional groups attached to an aromatic ring is 1. The Balaban J connectivity index is 1.23. The van der Waals surface area contributed by atoms with Crippen molar-refractivity contribution in [1.29, 1.82) is 0 Å². The number of hydrogen-bond acceptors (Lipinski definition) is 7. The summed E-state index contributed by atoms with van der Waals surface area (Å²) in [5, 5.41) is 4.20. The van der Waals surface area contributed by atoms with Crippen molar-refractivity contribution in [2.24, 2.45) is 11.1 Å². The number of anilines is 2. The number of ether oxygens (including phenoxy) is 1. The molecule has 0 unspecified atom stereocenters. The van der Waals surface area contributed by atoms with E-state index >= 15 is 0 Å². The van der Waals surface area contributed by atoms with E-state index in [0.29, 0.717) is 50.3 Å². The average Bonchev–Trinajstić information content (AvgIpc) is 3.35. The standard InChI is InChI=1S/C24H33N5O4S/c1-3-33-27-23-7-4-19-16-21(5-6-22(19)23)32-15-10-18(2)9-12-28-13-14-29(34(28,30)31)20-8-11-26-24(25)17-20/h5-6,8,11,16-18H,3-4,7,9-10,12-15H2,1-2H3,(H2,25,26)/b27-23+/t18-/m1/s1. The largest absolute Gasteiger partial charge is 0.494 e. The zero-order valence-corrected chi connectivity index (χ0v) is 20.6. The van der Waals surface area contributed by atoms with Crippen LogP contribution >= 0.6 is 0 Å². The van der Waals surface area contributed by atoms with Gasteiger partial charge in [-0.2, -0.15) is 12.7 Å². The number of fused-ring (bicyclic) bond motifs is 1. The van der Waals surface area contributed by atoms with Crippen molar-refractivity contribution >= 4 is 27.4 Å². The highest BCUT2D eigenvalue weighted by molar-refractivity contribution is 7.90. The van der Waals surface area contributed by atoms with E-state index in [9.17, 15) is 8.42 Å². The van der Waals surface area contributed by atoms with Gasteiger partial charge in [-0.3, -0.25) is 4.31 Å². The predicted molar refractivity (Wildman–Crippen MR) is 133 cm³/mol. The molecule has 0 saturated carbocycles. The molecule has 0 radical (unpaired) electrons. The first-order chi connectivity index (χ1) is 16.4. The molecule has 0 amide bonds. The predicted octanol–water partition coefficient (Wildman–Crippen LogP) is 3.21. The van der Waals surface area contributed by atoms with Crippen molar-refractivity contribution in [3.8, 4) is 5.75 Å². The number of benzene rings is 1. The van der Waals surface area contributed by atoms with Crippen LogP contribution < -0.4 is 14.8 Å². The van der Waals surface area contributed by atoms with Crippen molar-refractivity contribution < 1.29 is 18.0 Å². The van der Waals surface area contributed by atoms with Crippen molar-refractivity contribution in [2.45, 2.75) is 39.5 Å². The summed E-state index contributed by atoms with van der Waals surface area (Å²) in [5.74, 6) is 1.50. The Kier molecular flexibility index (Phi) is 7.57. The molecule has 2 N–H and O–H groups in total. The maximum absolute atomic E-state index is 12.9. The van der Waals surface area contributed by atoms with E-state index in [2.05, 4.69) is 29.2 Å². The van der Waals surface area contributed by atoms with Gasteiger partial charge in [0.15, 0.2) is 0 Å². The number of aryl methyl sites for hydroxylation is 1. The summed E-state index contributed by atoms with van der Waals surface area (Å²) >= 11 is 0. The quantitative estimate of drug-likeness (QED) is 0.515. The Morgan fingerprint density at radius 1 is 1.18 bits per heavy atom. The van der Waals surface area contributed by atoms with Crippen molar-refractivity contribution in [3.63, 3.8) is 0 Å². The zero-order chi connectivity index (χ0) is 24.1. The van der Waals surface area contributed by atoms with E-state index in [1.54, 1.807) is 16.4 Å². The first-order valence-electron chi connectivity index (χ1n) is 11.8. The van der Waals surface area contributed by atoms with Crippen LogP contribution in [0.15, 0.2) is 41.7 Å². The Hall–Kier alpha value is -2.85. The van der Waals surface area contributed by atoms with Crippen LogP contribution in [-0.2, 0) is 21.5 Å². The van der Waals surface area contributed by atoms with Crippen LogP contribution in [0.5, 0.6) is 5.75 Å². The van der Waals surface area contributed by atoms with Crippen LogP contribution in [0.1, 0.15) is 44.2 Å². The third-order valence-electron chi connectivity index (χ3n) is 6.28. The molecule has 0 bridgehead atoms. The molecule has 2 aliphatic rings. The van der Waals surface area contributed by atoms with E-state index in [1.807, 2.05) is 13.0 Å². The van der Waals surface area contributed by atoms with Gasteiger partial charge in [-0.25, -0.2) is 4.98 Å². The van der Waals surface area contributed by atoms with Gasteiger partial charge in [-0.05, 0) is 68.4 Å². The summed E-state index contributed by atoms with van der Waals surface area (Å²) in [4.78, 5) is 9.15. The lowest BCUT2D eigenvalue weighted by Gasteiger charge is -2.21. The number of nitrogens with zero attached hydrogens (tertiary/aromatic N) is 4. The summed E-state index contributed by atoms with van der Waals surface area (Å²) in [7, 11) is -3.54. The Morgan fingerprint density at radius 3 is 2.82 bits per heavy atom. The topological polar surface area (TPSA) is 110 Å². The van der Waals surface area contributed by atoms with E-state index in [0.717, 1.165) is 42.7 Å². The van der Waals surface area contributed by atoms with Gasteiger partial charge in [0.2, 0.25) is 0 Å². The van der Waals surface area contributed by atoms with Gasteiger partial charge in [0, 0.05) is 37.5 Å². The fourth-order valence-electron chi connectivity index (χ4n) is 4.31. The minimum absolute atomic E-state index is 0.308.